The summed E-state index contributed by atoms with van der Waals surface area (Å²) in [5, 5.41) is 6.69. The highest BCUT2D eigenvalue weighted by Gasteiger charge is 2.14. The summed E-state index contributed by atoms with van der Waals surface area (Å²) < 4.78 is 5.27. The van der Waals surface area contributed by atoms with Crippen LogP contribution in [-0.2, 0) is 11.3 Å². The zero-order valence-electron chi connectivity index (χ0n) is 12.5. The van der Waals surface area contributed by atoms with E-state index < -0.39 is 0 Å². The lowest BCUT2D eigenvalue weighted by Crippen LogP contribution is -2.43. The molecule has 0 aliphatic heterocycles. The molecule has 4 nitrogen and oxygen atoms in total. The molecule has 2 N–H and O–H groups in total. The number of halogens is 1. The number of benzene rings is 1. The Morgan fingerprint density at radius 3 is 2.65 bits per heavy atom. The summed E-state index contributed by atoms with van der Waals surface area (Å²) in [6, 6.07) is 5.22. The second kappa shape index (κ2) is 8.12. The number of hydrogen-bond donors (Lipinski definition) is 2. The van der Waals surface area contributed by atoms with Crippen molar-refractivity contribution in [2.75, 3.05) is 13.7 Å². The molecule has 5 heteroatoms. The van der Waals surface area contributed by atoms with Gasteiger partial charge in [0.2, 0.25) is 5.91 Å². The molecule has 0 aromatic heterocycles. The summed E-state index contributed by atoms with van der Waals surface area (Å²) in [4.78, 5) is 11.9. The van der Waals surface area contributed by atoms with Crippen molar-refractivity contribution in [1.29, 1.82) is 0 Å². The number of methoxy groups -OCH3 is 1. The van der Waals surface area contributed by atoms with Crippen LogP contribution >= 0.6 is 11.6 Å². The fraction of sp³-hybridized carbons (Fsp3) is 0.533. The highest BCUT2D eigenvalue weighted by molar-refractivity contribution is 6.31. The summed E-state index contributed by atoms with van der Waals surface area (Å²) in [7, 11) is 1.61. The normalized spacial score (nSPS) is 12.3. The predicted octanol–water partition coefficient (Wildman–Crippen LogP) is 2.60. The molecule has 1 rings (SSSR count). The van der Waals surface area contributed by atoms with Crippen LogP contribution in [0.4, 0.5) is 0 Å². The Kier molecular flexibility index (Phi) is 6.82. The highest BCUT2D eigenvalue weighted by atomic mass is 35.5. The molecule has 20 heavy (non-hydrogen) atoms. The van der Waals surface area contributed by atoms with Gasteiger partial charge in [-0.2, -0.15) is 0 Å². The summed E-state index contributed by atoms with van der Waals surface area (Å²) >= 11 is 6.15. The molecule has 1 unspecified atom stereocenters. The van der Waals surface area contributed by atoms with Gasteiger partial charge < -0.3 is 15.4 Å². The van der Waals surface area contributed by atoms with Crippen LogP contribution in [0.25, 0.3) is 0 Å². The van der Waals surface area contributed by atoms with Crippen molar-refractivity contribution < 1.29 is 9.53 Å². The van der Waals surface area contributed by atoms with Crippen LogP contribution in [0.5, 0.6) is 5.75 Å². The number of carbonyl (C=O) groups is 1. The molecular weight excluding hydrogens is 276 g/mol. The molecule has 1 aromatic carbocycles. The zero-order chi connectivity index (χ0) is 15.1. The van der Waals surface area contributed by atoms with Crippen LogP contribution in [0, 0.1) is 5.92 Å². The Morgan fingerprint density at radius 1 is 1.35 bits per heavy atom. The summed E-state index contributed by atoms with van der Waals surface area (Å²) in [5.41, 5.74) is 0.861. The van der Waals surface area contributed by atoms with Crippen molar-refractivity contribution in [2.45, 2.75) is 33.4 Å². The molecule has 0 fully saturated rings. The van der Waals surface area contributed by atoms with E-state index in [1.165, 1.54) is 0 Å². The molecule has 0 saturated carbocycles. The predicted molar refractivity (Wildman–Crippen MR) is 82.2 cm³/mol. The van der Waals surface area contributed by atoms with Gasteiger partial charge in [0.25, 0.3) is 0 Å². The third-order valence-electron chi connectivity index (χ3n) is 2.96. The van der Waals surface area contributed by atoms with Gasteiger partial charge in [-0.1, -0.05) is 31.5 Å². The number of nitrogens with one attached hydrogen (secondary N) is 2. The maximum Gasteiger partial charge on any atom is 0.236 e. The van der Waals surface area contributed by atoms with Gasteiger partial charge in [0.1, 0.15) is 5.75 Å². The zero-order valence-corrected chi connectivity index (χ0v) is 13.3. The van der Waals surface area contributed by atoms with Gasteiger partial charge in [0, 0.05) is 23.7 Å². The van der Waals surface area contributed by atoms with E-state index in [2.05, 4.69) is 24.5 Å². The van der Waals surface area contributed by atoms with Crippen LogP contribution in [0.3, 0.4) is 0 Å². The van der Waals surface area contributed by atoms with Gasteiger partial charge in [-0.3, -0.25) is 4.79 Å². The van der Waals surface area contributed by atoms with E-state index in [0.29, 0.717) is 24.0 Å². The number of carbonyl (C=O) groups excluding carboxylic acids is 1. The summed E-state index contributed by atoms with van der Waals surface area (Å²) in [5.74, 6) is 1.15. The first-order chi connectivity index (χ1) is 9.45. The number of ether oxygens (including phenoxy) is 1. The van der Waals surface area contributed by atoms with Crippen LogP contribution in [0.15, 0.2) is 18.2 Å². The van der Waals surface area contributed by atoms with Gasteiger partial charge in [0.15, 0.2) is 0 Å². The Morgan fingerprint density at radius 2 is 2.05 bits per heavy atom. The number of amides is 1. The lowest BCUT2D eigenvalue weighted by molar-refractivity contribution is -0.122. The maximum atomic E-state index is 11.9. The maximum absolute atomic E-state index is 11.9. The fourth-order valence-corrected chi connectivity index (χ4v) is 1.94. The lowest BCUT2D eigenvalue weighted by Gasteiger charge is -2.17. The lowest BCUT2D eigenvalue weighted by atomic mass is 10.1. The van der Waals surface area contributed by atoms with Crippen LogP contribution < -0.4 is 15.4 Å². The average Bonchev–Trinajstić information content (AvgIpc) is 2.42. The minimum atomic E-state index is -0.283. The molecule has 0 heterocycles. The molecular formula is C15H23ClN2O2. The van der Waals surface area contributed by atoms with E-state index in [9.17, 15) is 4.79 Å². The van der Waals surface area contributed by atoms with Crippen LogP contribution in [0.2, 0.25) is 5.02 Å². The summed E-state index contributed by atoms with van der Waals surface area (Å²) in [6.07, 6.45) is 0. The van der Waals surface area contributed by atoms with E-state index in [-0.39, 0.29) is 11.9 Å². The first-order valence-electron chi connectivity index (χ1n) is 6.78. The minimum Gasteiger partial charge on any atom is -0.496 e. The molecule has 0 saturated heterocycles. The van der Waals surface area contributed by atoms with E-state index in [1.54, 1.807) is 7.11 Å². The third kappa shape index (κ3) is 5.02. The molecule has 0 bridgehead atoms. The standard InChI is InChI=1S/C15H23ClN2O2/c1-10(2)8-18-15(19)11(3)17-9-12-13(16)6-5-7-14(12)20-4/h5-7,10-11,17H,8-9H2,1-4H3,(H,18,19). The first kappa shape index (κ1) is 16.8. The summed E-state index contributed by atoms with van der Waals surface area (Å²) in [6.45, 7) is 7.12. The topological polar surface area (TPSA) is 50.4 Å². The molecule has 0 aliphatic carbocycles. The van der Waals surface area contributed by atoms with Crippen molar-refractivity contribution in [3.8, 4) is 5.75 Å². The van der Waals surface area contributed by atoms with Gasteiger partial charge in [0.05, 0.1) is 13.2 Å². The third-order valence-corrected chi connectivity index (χ3v) is 3.31. The molecule has 0 spiro atoms. The van der Waals surface area contributed by atoms with Crippen molar-refractivity contribution >= 4 is 17.5 Å². The smallest absolute Gasteiger partial charge is 0.236 e. The van der Waals surface area contributed by atoms with Crippen LogP contribution in [-0.4, -0.2) is 25.6 Å². The molecule has 0 aliphatic rings. The molecule has 1 atom stereocenters. The SMILES string of the molecule is COc1cccc(Cl)c1CNC(C)C(=O)NCC(C)C. The van der Waals surface area contributed by atoms with Gasteiger partial charge in [-0.25, -0.2) is 0 Å². The monoisotopic (exact) mass is 298 g/mol. The Hall–Kier alpha value is -1.26. The van der Waals surface area contributed by atoms with Crippen molar-refractivity contribution in [3.63, 3.8) is 0 Å². The Labute approximate surface area is 125 Å². The second-order valence-corrected chi connectivity index (χ2v) is 5.57. The Balaban J connectivity index is 2.56. The molecule has 1 amide bonds. The van der Waals surface area contributed by atoms with Crippen molar-refractivity contribution in [1.82, 2.24) is 10.6 Å². The van der Waals surface area contributed by atoms with E-state index in [1.807, 2.05) is 25.1 Å². The first-order valence-corrected chi connectivity index (χ1v) is 7.16. The molecule has 112 valence electrons. The van der Waals surface area contributed by atoms with Crippen molar-refractivity contribution in [2.24, 2.45) is 5.92 Å². The fourth-order valence-electron chi connectivity index (χ4n) is 1.71. The molecule has 1 aromatic rings. The molecule has 0 radical (unpaired) electrons. The van der Waals surface area contributed by atoms with E-state index in [0.717, 1.165) is 11.3 Å². The minimum absolute atomic E-state index is 0.00952. The highest BCUT2D eigenvalue weighted by Crippen LogP contribution is 2.25. The van der Waals surface area contributed by atoms with E-state index in [4.69, 9.17) is 16.3 Å². The second-order valence-electron chi connectivity index (χ2n) is 5.16. The quantitative estimate of drug-likeness (QED) is 0.813. The largest absolute Gasteiger partial charge is 0.496 e. The number of hydrogen-bond acceptors (Lipinski definition) is 3. The van der Waals surface area contributed by atoms with Crippen LogP contribution in [0.1, 0.15) is 26.3 Å². The average molecular weight is 299 g/mol. The number of rotatable bonds is 7. The van der Waals surface area contributed by atoms with Gasteiger partial charge in [-0.05, 0) is 25.0 Å². The van der Waals surface area contributed by atoms with Crippen molar-refractivity contribution in [3.05, 3.63) is 28.8 Å². The van der Waals surface area contributed by atoms with Gasteiger partial charge >= 0.3 is 0 Å². The van der Waals surface area contributed by atoms with E-state index >= 15 is 0 Å². The Bertz CT molecular complexity index is 449. The van der Waals surface area contributed by atoms with Gasteiger partial charge in [-0.15, -0.1) is 0 Å².